The third kappa shape index (κ3) is 4.63. The van der Waals surface area contributed by atoms with E-state index in [1.54, 1.807) is 0 Å². The summed E-state index contributed by atoms with van der Waals surface area (Å²) in [5, 5.41) is 1.34. The van der Waals surface area contributed by atoms with Crippen molar-refractivity contribution in [3.63, 3.8) is 0 Å². The van der Waals surface area contributed by atoms with Crippen LogP contribution in [0.5, 0.6) is 0 Å². The van der Waals surface area contributed by atoms with E-state index in [1.165, 1.54) is 61.5 Å². The number of para-hydroxylation sites is 1. The highest BCUT2D eigenvalue weighted by molar-refractivity contribution is 5.80. The van der Waals surface area contributed by atoms with Crippen molar-refractivity contribution in [3.8, 4) is 0 Å². The fraction of sp³-hybridized carbons (Fsp3) is 0.619. The zero-order chi connectivity index (χ0) is 16.0. The van der Waals surface area contributed by atoms with E-state index in [2.05, 4.69) is 63.0 Å². The van der Waals surface area contributed by atoms with Gasteiger partial charge in [0.2, 0.25) is 0 Å². The number of hydrogen-bond acceptors (Lipinski definition) is 0. The van der Waals surface area contributed by atoms with Gasteiger partial charge in [0.25, 0.3) is 0 Å². The van der Waals surface area contributed by atoms with Crippen LogP contribution in [0.1, 0.15) is 71.9 Å². The van der Waals surface area contributed by atoms with Gasteiger partial charge < -0.3 is 4.98 Å². The fourth-order valence-corrected chi connectivity index (χ4v) is 3.33. The minimum Gasteiger partial charge on any atom is -0.358 e. The molecular weight excluding hydrogens is 266 g/mol. The number of hydrogen-bond donors (Lipinski definition) is 1. The van der Waals surface area contributed by atoms with Crippen molar-refractivity contribution in [1.82, 2.24) is 4.98 Å². The summed E-state index contributed by atoms with van der Waals surface area (Å²) in [5.74, 6) is 0.890. The summed E-state index contributed by atoms with van der Waals surface area (Å²) in [7, 11) is 0. The van der Waals surface area contributed by atoms with Gasteiger partial charge in [0.15, 0.2) is 0 Å². The van der Waals surface area contributed by atoms with Crippen LogP contribution < -0.4 is 0 Å². The molecule has 122 valence electrons. The predicted molar refractivity (Wildman–Crippen MR) is 98.3 cm³/mol. The molecule has 0 bridgehead atoms. The SMILES string of the molecule is CCC(C)CCCCC(C)(CC)Cc1cc2ccccc2[nH]1. The molecule has 1 heteroatoms. The van der Waals surface area contributed by atoms with Crippen molar-refractivity contribution < 1.29 is 0 Å². The summed E-state index contributed by atoms with van der Waals surface area (Å²) in [4.78, 5) is 3.60. The highest BCUT2D eigenvalue weighted by Gasteiger charge is 2.23. The minimum absolute atomic E-state index is 0.427. The van der Waals surface area contributed by atoms with Gasteiger partial charge in [-0.15, -0.1) is 0 Å². The van der Waals surface area contributed by atoms with Crippen molar-refractivity contribution >= 4 is 10.9 Å². The van der Waals surface area contributed by atoms with Crippen LogP contribution in [0.15, 0.2) is 30.3 Å². The van der Waals surface area contributed by atoms with E-state index in [0.29, 0.717) is 5.41 Å². The van der Waals surface area contributed by atoms with Gasteiger partial charge in [-0.05, 0) is 41.7 Å². The number of nitrogens with one attached hydrogen (secondary N) is 1. The Labute approximate surface area is 136 Å². The van der Waals surface area contributed by atoms with Crippen molar-refractivity contribution in [1.29, 1.82) is 0 Å². The van der Waals surface area contributed by atoms with Gasteiger partial charge in [-0.1, -0.05) is 78.0 Å². The normalized spacial score (nSPS) is 15.8. The third-order valence-corrected chi connectivity index (χ3v) is 5.48. The lowest BCUT2D eigenvalue weighted by atomic mass is 9.78. The van der Waals surface area contributed by atoms with Crippen LogP contribution in [0.4, 0.5) is 0 Å². The molecule has 2 atom stereocenters. The molecule has 1 heterocycles. The first kappa shape index (κ1) is 17.1. The molecule has 2 unspecified atom stereocenters. The summed E-state index contributed by atoms with van der Waals surface area (Å²) in [5.41, 5.74) is 3.09. The van der Waals surface area contributed by atoms with E-state index in [4.69, 9.17) is 0 Å². The molecule has 0 spiro atoms. The first-order valence-corrected chi connectivity index (χ1v) is 9.13. The number of fused-ring (bicyclic) bond motifs is 1. The van der Waals surface area contributed by atoms with Crippen LogP contribution in [0.2, 0.25) is 0 Å². The summed E-state index contributed by atoms with van der Waals surface area (Å²) < 4.78 is 0. The number of rotatable bonds is 9. The molecular formula is C21H33N. The maximum Gasteiger partial charge on any atom is 0.0456 e. The third-order valence-electron chi connectivity index (χ3n) is 5.48. The average molecular weight is 300 g/mol. The molecule has 1 nitrogen and oxygen atoms in total. The number of benzene rings is 1. The molecule has 1 aromatic heterocycles. The summed E-state index contributed by atoms with van der Waals surface area (Å²) in [6.07, 6.45) is 9.23. The number of unbranched alkanes of at least 4 members (excludes halogenated alkanes) is 1. The Balaban J connectivity index is 1.91. The van der Waals surface area contributed by atoms with Crippen molar-refractivity contribution in [2.45, 2.75) is 72.6 Å². The molecule has 0 aliphatic heterocycles. The summed E-state index contributed by atoms with van der Waals surface area (Å²) >= 11 is 0. The molecule has 0 aliphatic carbocycles. The molecule has 0 saturated heterocycles. The zero-order valence-corrected chi connectivity index (χ0v) is 14.9. The average Bonchev–Trinajstić information content (AvgIpc) is 2.93. The lowest BCUT2D eigenvalue weighted by Crippen LogP contribution is -2.19. The maximum atomic E-state index is 3.60. The Hall–Kier alpha value is -1.24. The molecule has 1 aromatic carbocycles. The molecule has 0 amide bonds. The summed E-state index contributed by atoms with van der Waals surface area (Å²) in [6.45, 7) is 9.49. The lowest BCUT2D eigenvalue weighted by molar-refractivity contribution is 0.265. The molecule has 0 aliphatic rings. The van der Waals surface area contributed by atoms with Gasteiger partial charge >= 0.3 is 0 Å². The minimum atomic E-state index is 0.427. The van der Waals surface area contributed by atoms with Crippen LogP contribution >= 0.6 is 0 Å². The van der Waals surface area contributed by atoms with Gasteiger partial charge in [0.05, 0.1) is 0 Å². The number of aromatic nitrogens is 1. The van der Waals surface area contributed by atoms with E-state index in [9.17, 15) is 0 Å². The van der Waals surface area contributed by atoms with Gasteiger partial charge in [-0.2, -0.15) is 0 Å². The van der Waals surface area contributed by atoms with Crippen LogP contribution in [-0.2, 0) is 6.42 Å². The van der Waals surface area contributed by atoms with Crippen molar-refractivity contribution in [3.05, 3.63) is 36.0 Å². The smallest absolute Gasteiger partial charge is 0.0456 e. The topological polar surface area (TPSA) is 15.8 Å². The number of aromatic amines is 1. The second kappa shape index (κ2) is 7.85. The molecule has 22 heavy (non-hydrogen) atoms. The Bertz CT molecular complexity index is 535. The second-order valence-electron chi connectivity index (χ2n) is 7.48. The highest BCUT2D eigenvalue weighted by atomic mass is 14.7. The van der Waals surface area contributed by atoms with Crippen molar-refractivity contribution in [2.75, 3.05) is 0 Å². The van der Waals surface area contributed by atoms with E-state index in [1.807, 2.05) is 0 Å². The summed E-state index contributed by atoms with van der Waals surface area (Å²) in [6, 6.07) is 10.9. The zero-order valence-electron chi connectivity index (χ0n) is 14.9. The van der Waals surface area contributed by atoms with E-state index in [-0.39, 0.29) is 0 Å². The molecule has 2 aromatic rings. The molecule has 2 rings (SSSR count). The quantitative estimate of drug-likeness (QED) is 0.494. The lowest BCUT2D eigenvalue weighted by Gasteiger charge is -2.28. The fourth-order valence-electron chi connectivity index (χ4n) is 3.33. The van der Waals surface area contributed by atoms with Crippen LogP contribution in [0.3, 0.4) is 0 Å². The molecule has 1 N–H and O–H groups in total. The van der Waals surface area contributed by atoms with Crippen molar-refractivity contribution in [2.24, 2.45) is 11.3 Å². The van der Waals surface area contributed by atoms with E-state index < -0.39 is 0 Å². The van der Waals surface area contributed by atoms with Gasteiger partial charge in [-0.25, -0.2) is 0 Å². The van der Waals surface area contributed by atoms with Gasteiger partial charge in [0.1, 0.15) is 0 Å². The largest absolute Gasteiger partial charge is 0.358 e. The first-order valence-electron chi connectivity index (χ1n) is 9.13. The monoisotopic (exact) mass is 299 g/mol. The van der Waals surface area contributed by atoms with Crippen LogP contribution in [-0.4, -0.2) is 4.98 Å². The standard InChI is InChI=1S/C21H33N/c1-5-17(3)11-9-10-14-21(4,6-2)16-19-15-18-12-7-8-13-20(18)22-19/h7-8,12-13,15,17,22H,5-6,9-11,14,16H2,1-4H3. The van der Waals surface area contributed by atoms with E-state index >= 15 is 0 Å². The highest BCUT2D eigenvalue weighted by Crippen LogP contribution is 2.33. The Kier molecular flexibility index (Phi) is 6.11. The second-order valence-corrected chi connectivity index (χ2v) is 7.48. The maximum absolute atomic E-state index is 3.60. The predicted octanol–water partition coefficient (Wildman–Crippen LogP) is 6.73. The Morgan fingerprint density at radius 2 is 1.91 bits per heavy atom. The molecule has 0 fully saturated rings. The van der Waals surface area contributed by atoms with Gasteiger partial charge in [-0.3, -0.25) is 0 Å². The first-order chi connectivity index (χ1) is 10.6. The van der Waals surface area contributed by atoms with Gasteiger partial charge in [0, 0.05) is 11.2 Å². The Morgan fingerprint density at radius 1 is 1.14 bits per heavy atom. The number of H-pyrrole nitrogens is 1. The van der Waals surface area contributed by atoms with Crippen LogP contribution in [0, 0.1) is 11.3 Å². The Morgan fingerprint density at radius 3 is 2.59 bits per heavy atom. The molecule has 0 saturated carbocycles. The molecule has 0 radical (unpaired) electrons. The van der Waals surface area contributed by atoms with E-state index in [0.717, 1.165) is 5.92 Å². The van der Waals surface area contributed by atoms with Crippen LogP contribution in [0.25, 0.3) is 10.9 Å².